The quantitative estimate of drug-likeness (QED) is 0.783. The average molecular weight is 350 g/mol. The lowest BCUT2D eigenvalue weighted by atomic mass is 10.1. The standard InChI is InChI=1S/C14H12BrN3OS/c1-9(19)10-5-6-12(11(15)8-10)20-14-17-16-13-4-2-3-7-18(13)14/h2-9,19H,1H3/t9-/m0/s1. The van der Waals surface area contributed by atoms with Gasteiger partial charge < -0.3 is 5.11 Å². The van der Waals surface area contributed by atoms with Crippen LogP contribution in [-0.4, -0.2) is 19.7 Å². The predicted octanol–water partition coefficient (Wildman–Crippen LogP) is 3.70. The third kappa shape index (κ3) is 2.59. The maximum Gasteiger partial charge on any atom is 0.200 e. The largest absolute Gasteiger partial charge is 0.389 e. The van der Waals surface area contributed by atoms with Crippen molar-refractivity contribution in [2.24, 2.45) is 0 Å². The molecule has 3 rings (SSSR count). The fourth-order valence-corrected chi connectivity index (χ4v) is 3.31. The van der Waals surface area contributed by atoms with Crippen LogP contribution in [0.1, 0.15) is 18.6 Å². The molecule has 0 saturated heterocycles. The van der Waals surface area contributed by atoms with Gasteiger partial charge in [-0.05, 0) is 64.4 Å². The Morgan fingerprint density at radius 1 is 1.25 bits per heavy atom. The van der Waals surface area contributed by atoms with Crippen molar-refractivity contribution in [2.45, 2.75) is 23.1 Å². The minimum absolute atomic E-state index is 0.473. The predicted molar refractivity (Wildman–Crippen MR) is 81.9 cm³/mol. The van der Waals surface area contributed by atoms with Crippen molar-refractivity contribution in [3.05, 3.63) is 52.6 Å². The molecule has 2 aromatic heterocycles. The molecule has 0 radical (unpaired) electrons. The lowest BCUT2D eigenvalue weighted by Crippen LogP contribution is -1.91. The third-order valence-corrected chi connectivity index (χ3v) is 4.88. The van der Waals surface area contributed by atoms with E-state index in [9.17, 15) is 5.11 Å². The van der Waals surface area contributed by atoms with Gasteiger partial charge in [-0.3, -0.25) is 4.40 Å². The molecule has 1 N–H and O–H groups in total. The normalized spacial score (nSPS) is 12.8. The van der Waals surface area contributed by atoms with E-state index in [1.165, 1.54) is 11.8 Å². The van der Waals surface area contributed by atoms with Crippen molar-refractivity contribution >= 4 is 33.3 Å². The Balaban J connectivity index is 1.95. The highest BCUT2D eigenvalue weighted by Gasteiger charge is 2.10. The molecule has 20 heavy (non-hydrogen) atoms. The van der Waals surface area contributed by atoms with Crippen molar-refractivity contribution < 1.29 is 5.11 Å². The molecule has 0 aliphatic carbocycles. The summed E-state index contributed by atoms with van der Waals surface area (Å²) in [5.74, 6) is 0. The van der Waals surface area contributed by atoms with E-state index >= 15 is 0 Å². The fourth-order valence-electron chi connectivity index (χ4n) is 1.85. The van der Waals surface area contributed by atoms with E-state index in [0.29, 0.717) is 0 Å². The van der Waals surface area contributed by atoms with Crippen LogP contribution >= 0.6 is 27.7 Å². The molecule has 102 valence electrons. The molecule has 0 spiro atoms. The van der Waals surface area contributed by atoms with Crippen molar-refractivity contribution in [3.63, 3.8) is 0 Å². The Morgan fingerprint density at radius 2 is 2.10 bits per heavy atom. The highest BCUT2D eigenvalue weighted by molar-refractivity contribution is 9.10. The number of hydrogen-bond acceptors (Lipinski definition) is 4. The third-order valence-electron chi connectivity index (χ3n) is 2.92. The second kappa shape index (κ2) is 5.55. The Hall–Kier alpha value is -1.37. The number of aromatic nitrogens is 3. The van der Waals surface area contributed by atoms with Crippen LogP contribution in [-0.2, 0) is 0 Å². The molecular formula is C14H12BrN3OS. The summed E-state index contributed by atoms with van der Waals surface area (Å²) in [6.45, 7) is 1.75. The number of aliphatic hydroxyl groups is 1. The number of benzene rings is 1. The van der Waals surface area contributed by atoms with Crippen molar-refractivity contribution in [3.8, 4) is 0 Å². The molecule has 2 heterocycles. The molecule has 1 atom stereocenters. The lowest BCUT2D eigenvalue weighted by Gasteiger charge is -2.08. The van der Waals surface area contributed by atoms with Crippen LogP contribution in [0.2, 0.25) is 0 Å². The van der Waals surface area contributed by atoms with E-state index in [0.717, 1.165) is 25.7 Å². The van der Waals surface area contributed by atoms with E-state index in [1.54, 1.807) is 6.92 Å². The summed E-state index contributed by atoms with van der Waals surface area (Å²) in [4.78, 5) is 1.03. The number of halogens is 1. The first kappa shape index (κ1) is 13.6. The van der Waals surface area contributed by atoms with Crippen LogP contribution in [0, 0.1) is 0 Å². The van der Waals surface area contributed by atoms with Gasteiger partial charge >= 0.3 is 0 Å². The molecule has 0 aliphatic rings. The number of rotatable bonds is 3. The summed E-state index contributed by atoms with van der Waals surface area (Å²) in [6.07, 6.45) is 1.47. The number of nitrogens with zero attached hydrogens (tertiary/aromatic N) is 3. The smallest absolute Gasteiger partial charge is 0.200 e. The van der Waals surface area contributed by atoms with E-state index in [2.05, 4.69) is 26.1 Å². The van der Waals surface area contributed by atoms with Gasteiger partial charge in [-0.1, -0.05) is 12.1 Å². The van der Waals surface area contributed by atoms with Crippen LogP contribution in [0.4, 0.5) is 0 Å². The number of fused-ring (bicyclic) bond motifs is 1. The number of pyridine rings is 1. The zero-order chi connectivity index (χ0) is 14.1. The first-order valence-corrected chi connectivity index (χ1v) is 7.71. The van der Waals surface area contributed by atoms with Crippen LogP contribution in [0.15, 0.2) is 57.1 Å². The first-order valence-electron chi connectivity index (χ1n) is 6.10. The van der Waals surface area contributed by atoms with E-state index in [1.807, 2.05) is 47.0 Å². The minimum Gasteiger partial charge on any atom is -0.389 e. The number of aliphatic hydroxyl groups excluding tert-OH is 1. The summed E-state index contributed by atoms with van der Waals surface area (Å²) < 4.78 is 2.88. The van der Waals surface area contributed by atoms with E-state index < -0.39 is 6.10 Å². The van der Waals surface area contributed by atoms with Gasteiger partial charge in [0.1, 0.15) is 0 Å². The Kier molecular flexibility index (Phi) is 3.78. The SMILES string of the molecule is C[C@H](O)c1ccc(Sc2nnc3ccccn23)c(Br)c1. The molecule has 0 unspecified atom stereocenters. The van der Waals surface area contributed by atoms with Gasteiger partial charge in [0.15, 0.2) is 10.8 Å². The Bertz CT molecular complexity index is 757. The molecule has 4 nitrogen and oxygen atoms in total. The van der Waals surface area contributed by atoms with Crippen molar-refractivity contribution in [1.82, 2.24) is 14.6 Å². The fraction of sp³-hybridized carbons (Fsp3) is 0.143. The lowest BCUT2D eigenvalue weighted by molar-refractivity contribution is 0.199. The van der Waals surface area contributed by atoms with E-state index in [4.69, 9.17) is 0 Å². The van der Waals surface area contributed by atoms with Crippen LogP contribution < -0.4 is 0 Å². The maximum absolute atomic E-state index is 9.58. The Morgan fingerprint density at radius 3 is 2.85 bits per heavy atom. The van der Waals surface area contributed by atoms with Gasteiger partial charge in [0.2, 0.25) is 0 Å². The first-order chi connectivity index (χ1) is 9.65. The highest BCUT2D eigenvalue weighted by Crippen LogP contribution is 2.34. The van der Waals surface area contributed by atoms with Crippen molar-refractivity contribution in [2.75, 3.05) is 0 Å². The molecule has 0 fully saturated rings. The zero-order valence-corrected chi connectivity index (χ0v) is 13.1. The summed E-state index contributed by atoms with van der Waals surface area (Å²) in [5.41, 5.74) is 1.71. The molecule has 3 aromatic rings. The molecule has 6 heteroatoms. The molecule has 0 saturated carbocycles. The second-order valence-corrected chi connectivity index (χ2v) is 6.24. The van der Waals surface area contributed by atoms with Gasteiger partial charge in [0.05, 0.1) is 6.10 Å². The van der Waals surface area contributed by atoms with Crippen LogP contribution in [0.3, 0.4) is 0 Å². The molecule has 0 bridgehead atoms. The van der Waals surface area contributed by atoms with Gasteiger partial charge in [-0.25, -0.2) is 0 Å². The monoisotopic (exact) mass is 349 g/mol. The zero-order valence-electron chi connectivity index (χ0n) is 10.7. The maximum atomic E-state index is 9.58. The van der Waals surface area contributed by atoms with Crippen molar-refractivity contribution in [1.29, 1.82) is 0 Å². The van der Waals surface area contributed by atoms with Gasteiger partial charge in [0.25, 0.3) is 0 Å². The van der Waals surface area contributed by atoms with Gasteiger partial charge in [0, 0.05) is 15.6 Å². The van der Waals surface area contributed by atoms with Gasteiger partial charge in [-0.2, -0.15) is 0 Å². The molecule has 0 amide bonds. The summed E-state index contributed by atoms with van der Waals surface area (Å²) in [6, 6.07) is 11.6. The minimum atomic E-state index is -0.473. The summed E-state index contributed by atoms with van der Waals surface area (Å²) in [7, 11) is 0. The molecule has 0 aliphatic heterocycles. The van der Waals surface area contributed by atoms with Crippen LogP contribution in [0.5, 0.6) is 0 Å². The number of hydrogen-bond donors (Lipinski definition) is 1. The Labute approximate surface area is 129 Å². The highest BCUT2D eigenvalue weighted by atomic mass is 79.9. The van der Waals surface area contributed by atoms with Crippen LogP contribution in [0.25, 0.3) is 5.65 Å². The second-order valence-electron chi connectivity index (χ2n) is 4.38. The average Bonchev–Trinajstić information content (AvgIpc) is 2.84. The molecular weight excluding hydrogens is 338 g/mol. The summed E-state index contributed by atoms with van der Waals surface area (Å²) in [5, 5.41) is 18.7. The topological polar surface area (TPSA) is 50.4 Å². The molecule has 1 aromatic carbocycles. The van der Waals surface area contributed by atoms with E-state index in [-0.39, 0.29) is 0 Å². The summed E-state index contributed by atoms with van der Waals surface area (Å²) >= 11 is 5.07. The van der Waals surface area contributed by atoms with Gasteiger partial charge in [-0.15, -0.1) is 10.2 Å².